The molecule has 2 unspecified atom stereocenters. The van der Waals surface area contributed by atoms with E-state index in [-0.39, 0.29) is 24.0 Å². The van der Waals surface area contributed by atoms with E-state index < -0.39 is 39.8 Å². The van der Waals surface area contributed by atoms with Gasteiger partial charge in [0.15, 0.2) is 5.96 Å². The second-order valence-corrected chi connectivity index (χ2v) is 9.61. The minimum absolute atomic E-state index is 0.0719. The molecule has 3 rings (SSSR count). The van der Waals surface area contributed by atoms with E-state index in [0.717, 1.165) is 6.54 Å². The number of allylic oxidation sites excluding steroid dienone is 1. The highest BCUT2D eigenvalue weighted by Crippen LogP contribution is 2.30. The number of nitrogens with zero attached hydrogens (tertiary/aromatic N) is 3. The Labute approximate surface area is 196 Å². The van der Waals surface area contributed by atoms with Gasteiger partial charge in [-0.05, 0) is 23.7 Å². The lowest BCUT2D eigenvalue weighted by Crippen LogP contribution is -2.48. The third-order valence-electron chi connectivity index (χ3n) is 5.09. The number of hydrogen-bond acceptors (Lipinski definition) is 11. The SMILES string of the molecule is CCCCS(=O)(=O)NC(CC1(C(=O)c2cc(OCCNC3=NCCN3)no2)C=CC=N1)C(=O)O. The number of carboxylic acids is 1. The highest BCUT2D eigenvalue weighted by molar-refractivity contribution is 7.89. The molecule has 0 saturated carbocycles. The molecular weight excluding hydrogens is 468 g/mol. The van der Waals surface area contributed by atoms with Crippen LogP contribution in [-0.4, -0.2) is 86.2 Å². The van der Waals surface area contributed by atoms with E-state index in [4.69, 9.17) is 9.26 Å². The zero-order chi connectivity index (χ0) is 24.6. The van der Waals surface area contributed by atoms with Gasteiger partial charge in [-0.3, -0.25) is 19.6 Å². The first-order valence-electron chi connectivity index (χ1n) is 10.9. The molecule has 0 amide bonds. The number of carboxylic acid groups (broad SMARTS) is 1. The molecule has 14 heteroatoms. The normalized spacial score (nSPS) is 20.1. The Kier molecular flexibility index (Phi) is 8.39. The Morgan fingerprint density at radius 3 is 2.88 bits per heavy atom. The van der Waals surface area contributed by atoms with E-state index in [9.17, 15) is 23.1 Å². The largest absolute Gasteiger partial charge is 0.480 e. The molecule has 0 fully saturated rings. The van der Waals surface area contributed by atoms with E-state index in [1.54, 1.807) is 0 Å². The monoisotopic (exact) mass is 496 g/mol. The van der Waals surface area contributed by atoms with Crippen molar-refractivity contribution in [1.82, 2.24) is 20.5 Å². The van der Waals surface area contributed by atoms with Gasteiger partial charge in [-0.2, -0.15) is 0 Å². The molecule has 0 bridgehead atoms. The van der Waals surface area contributed by atoms with Gasteiger partial charge >= 0.3 is 5.97 Å². The molecule has 4 N–H and O–H groups in total. The van der Waals surface area contributed by atoms with Gasteiger partial charge in [0.2, 0.25) is 21.6 Å². The molecule has 0 aliphatic carbocycles. The standard InChI is InChI=1S/C20H28N6O7S/c1-2-3-11-34(30,31)26-14(18(28)29)13-20(5-4-6-24-20)17(27)15-12-16(25-33-15)32-10-9-23-19-21-7-8-22-19/h4-6,12,14,26H,2-3,7-11,13H2,1H3,(H,28,29)(H2,21,22,23). The number of Topliss-reactive ketones (excluding diaryl/α,β-unsaturated/α-hetero) is 1. The van der Waals surface area contributed by atoms with Crippen LogP contribution in [0.1, 0.15) is 36.7 Å². The van der Waals surface area contributed by atoms with Crippen LogP contribution in [0.15, 0.2) is 32.7 Å². The first kappa shape index (κ1) is 25.4. The number of rotatable bonds is 14. The molecule has 2 aliphatic heterocycles. The number of unbranched alkanes of at least 4 members (excludes halogenated alkanes) is 1. The van der Waals surface area contributed by atoms with Crippen LogP contribution in [0.5, 0.6) is 5.88 Å². The molecule has 1 aromatic heterocycles. The molecule has 0 aromatic carbocycles. The molecule has 0 radical (unpaired) electrons. The van der Waals surface area contributed by atoms with Crippen molar-refractivity contribution < 1.29 is 32.4 Å². The quantitative estimate of drug-likeness (QED) is 0.197. The minimum atomic E-state index is -3.85. The maximum atomic E-state index is 13.2. The highest BCUT2D eigenvalue weighted by Gasteiger charge is 2.44. The number of ketones is 1. The molecular formula is C20H28N6O7S. The van der Waals surface area contributed by atoms with Gasteiger partial charge in [0.1, 0.15) is 18.2 Å². The third-order valence-corrected chi connectivity index (χ3v) is 6.56. The van der Waals surface area contributed by atoms with Gasteiger partial charge in [-0.1, -0.05) is 13.3 Å². The Morgan fingerprint density at radius 1 is 1.41 bits per heavy atom. The average molecular weight is 497 g/mol. The number of sulfonamides is 1. The summed E-state index contributed by atoms with van der Waals surface area (Å²) in [5.41, 5.74) is -1.65. The second-order valence-electron chi connectivity index (χ2n) is 7.74. The van der Waals surface area contributed by atoms with Crippen LogP contribution in [0.3, 0.4) is 0 Å². The second kappa shape index (κ2) is 11.2. The number of carbonyl (C=O) groups is 2. The number of aliphatic carboxylic acids is 1. The van der Waals surface area contributed by atoms with Crippen molar-refractivity contribution in [2.75, 3.05) is 32.0 Å². The van der Waals surface area contributed by atoms with E-state index >= 15 is 0 Å². The Hall–Kier alpha value is -3.26. The number of guanidine groups is 1. The number of hydrogen-bond donors (Lipinski definition) is 4. The lowest BCUT2D eigenvalue weighted by Gasteiger charge is -2.25. The molecule has 2 aliphatic rings. The van der Waals surface area contributed by atoms with Crippen LogP contribution >= 0.6 is 0 Å². The smallest absolute Gasteiger partial charge is 0.321 e. The summed E-state index contributed by atoms with van der Waals surface area (Å²) in [5.74, 6) is -1.73. The fraction of sp³-hybridized carbons (Fsp3) is 0.550. The van der Waals surface area contributed by atoms with Crippen molar-refractivity contribution >= 4 is 33.9 Å². The zero-order valence-corrected chi connectivity index (χ0v) is 19.5. The van der Waals surface area contributed by atoms with E-state index in [2.05, 4.69) is 30.5 Å². The van der Waals surface area contributed by atoms with Crippen molar-refractivity contribution in [3.63, 3.8) is 0 Å². The summed E-state index contributed by atoms with van der Waals surface area (Å²) in [6.07, 6.45) is 4.82. The highest BCUT2D eigenvalue weighted by atomic mass is 32.2. The summed E-state index contributed by atoms with van der Waals surface area (Å²) in [6.45, 7) is 3.98. The van der Waals surface area contributed by atoms with Crippen molar-refractivity contribution in [2.45, 2.75) is 37.8 Å². The van der Waals surface area contributed by atoms with Gasteiger partial charge in [-0.25, -0.2) is 13.1 Å². The zero-order valence-electron chi connectivity index (χ0n) is 18.7. The Bertz CT molecular complexity index is 1070. The summed E-state index contributed by atoms with van der Waals surface area (Å²) in [5, 5.41) is 19.4. The van der Waals surface area contributed by atoms with Crippen LogP contribution in [-0.2, 0) is 14.8 Å². The first-order chi connectivity index (χ1) is 16.2. The van der Waals surface area contributed by atoms with E-state index in [1.165, 1.54) is 24.4 Å². The lowest BCUT2D eigenvalue weighted by molar-refractivity contribution is -0.139. The Balaban J connectivity index is 1.65. The Morgan fingerprint density at radius 2 is 2.24 bits per heavy atom. The molecule has 3 heterocycles. The van der Waals surface area contributed by atoms with Crippen LogP contribution in [0, 0.1) is 0 Å². The summed E-state index contributed by atoms with van der Waals surface area (Å²) >= 11 is 0. The van der Waals surface area contributed by atoms with Crippen molar-refractivity contribution in [3.8, 4) is 5.88 Å². The third kappa shape index (κ3) is 6.63. The minimum Gasteiger partial charge on any atom is -0.480 e. The molecule has 2 atom stereocenters. The first-order valence-corrected chi connectivity index (χ1v) is 12.5. The molecule has 186 valence electrons. The predicted molar refractivity (Wildman–Crippen MR) is 123 cm³/mol. The number of aromatic nitrogens is 1. The number of aliphatic imine (C=N–C) groups is 2. The van der Waals surface area contributed by atoms with E-state index in [0.29, 0.717) is 31.9 Å². The van der Waals surface area contributed by atoms with Crippen LogP contribution in [0.25, 0.3) is 0 Å². The predicted octanol–water partition coefficient (Wildman–Crippen LogP) is -0.273. The number of nitrogens with one attached hydrogen (secondary N) is 3. The maximum Gasteiger partial charge on any atom is 0.321 e. The topological polar surface area (TPSA) is 185 Å². The molecule has 1 aromatic rings. The van der Waals surface area contributed by atoms with Crippen LogP contribution < -0.4 is 20.1 Å². The van der Waals surface area contributed by atoms with Gasteiger partial charge < -0.3 is 25.0 Å². The summed E-state index contributed by atoms with van der Waals surface area (Å²) in [4.78, 5) is 33.4. The van der Waals surface area contributed by atoms with Gasteiger partial charge in [0.05, 0.1) is 24.9 Å². The summed E-state index contributed by atoms with van der Waals surface area (Å²) in [6, 6.07) is -0.277. The number of ether oxygens (including phenoxy) is 1. The molecule has 0 saturated heterocycles. The van der Waals surface area contributed by atoms with Crippen molar-refractivity contribution in [2.24, 2.45) is 9.98 Å². The summed E-state index contributed by atoms with van der Waals surface area (Å²) < 4.78 is 37.3. The fourth-order valence-corrected chi connectivity index (χ4v) is 4.76. The van der Waals surface area contributed by atoms with Gasteiger partial charge in [-0.15, -0.1) is 0 Å². The van der Waals surface area contributed by atoms with Gasteiger partial charge in [0, 0.05) is 19.2 Å². The summed E-state index contributed by atoms with van der Waals surface area (Å²) in [7, 11) is -3.85. The maximum absolute atomic E-state index is 13.2. The lowest BCUT2D eigenvalue weighted by atomic mass is 9.86. The molecule has 0 spiro atoms. The van der Waals surface area contributed by atoms with Crippen LogP contribution in [0.4, 0.5) is 0 Å². The average Bonchev–Trinajstić information content (AvgIpc) is 3.57. The molecule has 34 heavy (non-hydrogen) atoms. The fourth-order valence-electron chi connectivity index (χ4n) is 3.36. The van der Waals surface area contributed by atoms with E-state index in [1.807, 2.05) is 6.92 Å². The number of carbonyl (C=O) groups excluding carboxylic acids is 1. The molecule has 13 nitrogen and oxygen atoms in total. The van der Waals surface area contributed by atoms with Crippen molar-refractivity contribution in [3.05, 3.63) is 24.0 Å². The van der Waals surface area contributed by atoms with Gasteiger partial charge in [0.25, 0.3) is 5.88 Å². The van der Waals surface area contributed by atoms with Crippen molar-refractivity contribution in [1.29, 1.82) is 0 Å². The van der Waals surface area contributed by atoms with Crippen LogP contribution in [0.2, 0.25) is 0 Å².